The van der Waals surface area contributed by atoms with Crippen molar-refractivity contribution in [2.24, 2.45) is 0 Å². The molecule has 0 aliphatic rings. The standard InChI is InChI=1S/C5H7P2.C5H5.Zr/c6-7-5-3-1-2-4-5;1-2-4-5-3-1;/h1-4,7H,6H2;1-5H;/q2*-1;+2. The van der Waals surface area contributed by atoms with Gasteiger partial charge in [-0.25, -0.2) is 24.3 Å². The van der Waals surface area contributed by atoms with Gasteiger partial charge in [0.2, 0.25) is 0 Å². The molecular formula is C10H12P2Zr. The Morgan fingerprint density at radius 2 is 1.54 bits per heavy atom. The Balaban J connectivity index is 0.000000215. The first-order chi connectivity index (χ1) is 5.93. The smallest absolute Gasteiger partial charge is 0.214 e. The molecule has 2 rings (SSSR count). The van der Waals surface area contributed by atoms with Crippen molar-refractivity contribution < 1.29 is 26.2 Å². The van der Waals surface area contributed by atoms with Crippen LogP contribution in [0, 0.1) is 0 Å². The van der Waals surface area contributed by atoms with Gasteiger partial charge in [0.05, 0.1) is 0 Å². The summed E-state index contributed by atoms with van der Waals surface area (Å²) in [5.41, 5.74) is 0. The van der Waals surface area contributed by atoms with Crippen LogP contribution in [0.5, 0.6) is 0 Å². The SMILES string of the molecule is PP[c-]1cccc1.[Zr+2].c1cc[cH-]c1. The zero-order chi connectivity index (χ0) is 8.65. The largest absolute Gasteiger partial charge is 2.00 e. The van der Waals surface area contributed by atoms with E-state index in [9.17, 15) is 0 Å². The summed E-state index contributed by atoms with van der Waals surface area (Å²) < 4.78 is 0. The molecule has 0 saturated heterocycles. The average Bonchev–Trinajstić information content (AvgIpc) is 2.81. The molecule has 0 N–H and O–H groups in total. The quantitative estimate of drug-likeness (QED) is 0.558. The Kier molecular flexibility index (Phi) is 9.32. The van der Waals surface area contributed by atoms with Gasteiger partial charge in [-0.2, -0.15) is 30.3 Å². The fourth-order valence-electron chi connectivity index (χ4n) is 0.791. The Hall–Kier alpha value is 0.443. The third kappa shape index (κ3) is 6.51. The van der Waals surface area contributed by atoms with Gasteiger partial charge in [0, 0.05) is 0 Å². The first kappa shape index (κ1) is 13.4. The Bertz CT molecular complexity index is 244. The van der Waals surface area contributed by atoms with Crippen LogP contribution in [-0.2, 0) is 26.2 Å². The fraction of sp³-hybridized carbons (Fsp3) is 0. The third-order valence-electron chi connectivity index (χ3n) is 1.38. The molecule has 2 atom stereocenters. The first-order valence-electron chi connectivity index (χ1n) is 3.78. The maximum Gasteiger partial charge on any atom is 2.00 e. The molecule has 0 saturated carbocycles. The van der Waals surface area contributed by atoms with E-state index in [1.54, 1.807) is 0 Å². The number of rotatable bonds is 1. The molecule has 2 unspecified atom stereocenters. The second-order valence-corrected chi connectivity index (χ2v) is 4.01. The van der Waals surface area contributed by atoms with Crippen LogP contribution in [0.4, 0.5) is 0 Å². The zero-order valence-corrected chi connectivity index (χ0v) is 11.9. The zero-order valence-electron chi connectivity index (χ0n) is 7.27. The van der Waals surface area contributed by atoms with Crippen molar-refractivity contribution in [2.75, 3.05) is 0 Å². The second-order valence-electron chi connectivity index (χ2n) is 2.28. The minimum absolute atomic E-state index is 0. The molecule has 0 heterocycles. The minimum atomic E-state index is 0. The predicted molar refractivity (Wildman–Crippen MR) is 61.7 cm³/mol. The summed E-state index contributed by atoms with van der Waals surface area (Å²) in [4.78, 5) is 0. The molecule has 0 aliphatic heterocycles. The van der Waals surface area contributed by atoms with Crippen LogP contribution in [0.3, 0.4) is 0 Å². The minimum Gasteiger partial charge on any atom is -0.214 e. The van der Waals surface area contributed by atoms with E-state index in [4.69, 9.17) is 0 Å². The normalized spacial score (nSPS) is 9.00. The van der Waals surface area contributed by atoms with Gasteiger partial charge in [-0.15, -0.1) is 22.5 Å². The summed E-state index contributed by atoms with van der Waals surface area (Å²) in [6, 6.07) is 18.4. The topological polar surface area (TPSA) is 0 Å². The molecule has 2 aromatic rings. The summed E-state index contributed by atoms with van der Waals surface area (Å²) in [7, 11) is 3.58. The molecule has 66 valence electrons. The molecule has 0 aromatic heterocycles. The maximum atomic E-state index is 2.71. The van der Waals surface area contributed by atoms with Crippen LogP contribution < -0.4 is 5.30 Å². The number of hydrogen-bond acceptors (Lipinski definition) is 0. The summed E-state index contributed by atoms with van der Waals surface area (Å²) >= 11 is 0. The molecule has 2 aromatic carbocycles. The van der Waals surface area contributed by atoms with Crippen molar-refractivity contribution in [3.63, 3.8) is 0 Å². The van der Waals surface area contributed by atoms with E-state index in [0.29, 0.717) is 0 Å². The molecule has 3 heteroatoms. The maximum absolute atomic E-state index is 2.71. The summed E-state index contributed by atoms with van der Waals surface area (Å²) in [5.74, 6) is 0. The number of hydrogen-bond donors (Lipinski definition) is 0. The summed E-state index contributed by atoms with van der Waals surface area (Å²) in [6.45, 7) is 0. The van der Waals surface area contributed by atoms with E-state index in [2.05, 4.69) is 33.2 Å². The average molecular weight is 285 g/mol. The van der Waals surface area contributed by atoms with Gasteiger partial charge < -0.3 is 0 Å². The molecule has 0 fully saturated rings. The van der Waals surface area contributed by atoms with Gasteiger partial charge in [0.25, 0.3) is 0 Å². The van der Waals surface area contributed by atoms with E-state index in [1.807, 2.05) is 30.3 Å². The first-order valence-corrected chi connectivity index (χ1v) is 6.59. The Morgan fingerprint density at radius 1 is 1.00 bits per heavy atom. The summed E-state index contributed by atoms with van der Waals surface area (Å²) in [5, 5.41) is 1.42. The van der Waals surface area contributed by atoms with Crippen molar-refractivity contribution in [1.29, 1.82) is 0 Å². The molecule has 13 heavy (non-hydrogen) atoms. The second kappa shape index (κ2) is 9.02. The van der Waals surface area contributed by atoms with E-state index in [1.165, 1.54) is 5.30 Å². The van der Waals surface area contributed by atoms with E-state index in [-0.39, 0.29) is 26.2 Å². The molecule has 0 aliphatic carbocycles. The molecule has 0 spiro atoms. The van der Waals surface area contributed by atoms with Crippen molar-refractivity contribution in [3.05, 3.63) is 54.6 Å². The van der Waals surface area contributed by atoms with E-state index in [0.717, 1.165) is 8.27 Å². The fourth-order valence-corrected chi connectivity index (χ4v) is 1.75. The van der Waals surface area contributed by atoms with Crippen molar-refractivity contribution in [2.45, 2.75) is 0 Å². The Labute approximate surface area is 103 Å². The van der Waals surface area contributed by atoms with Gasteiger partial charge in [-0.05, 0) is 0 Å². The van der Waals surface area contributed by atoms with E-state index < -0.39 is 0 Å². The van der Waals surface area contributed by atoms with Crippen LogP contribution in [0.25, 0.3) is 0 Å². The molecular weight excluding hydrogens is 273 g/mol. The molecule has 0 bridgehead atoms. The van der Waals surface area contributed by atoms with Gasteiger partial charge in [0.1, 0.15) is 0 Å². The van der Waals surface area contributed by atoms with Crippen LogP contribution in [-0.4, -0.2) is 0 Å². The van der Waals surface area contributed by atoms with Gasteiger partial charge in [0.15, 0.2) is 0 Å². The molecule has 0 amide bonds. The van der Waals surface area contributed by atoms with Crippen molar-refractivity contribution in [3.8, 4) is 0 Å². The predicted octanol–water partition coefficient (Wildman–Crippen LogP) is 2.90. The Morgan fingerprint density at radius 3 is 1.77 bits per heavy atom. The van der Waals surface area contributed by atoms with Gasteiger partial charge >= 0.3 is 26.2 Å². The van der Waals surface area contributed by atoms with Crippen LogP contribution >= 0.6 is 17.2 Å². The molecule has 0 nitrogen and oxygen atoms in total. The van der Waals surface area contributed by atoms with Gasteiger partial charge in [-0.3, -0.25) is 0 Å². The third-order valence-corrected chi connectivity index (χ3v) is 3.05. The van der Waals surface area contributed by atoms with Crippen LogP contribution in [0.2, 0.25) is 0 Å². The molecule has 0 radical (unpaired) electrons. The van der Waals surface area contributed by atoms with Crippen LogP contribution in [0.15, 0.2) is 54.6 Å². The summed E-state index contributed by atoms with van der Waals surface area (Å²) in [6.07, 6.45) is 0. The van der Waals surface area contributed by atoms with Crippen molar-refractivity contribution in [1.82, 2.24) is 0 Å². The monoisotopic (exact) mass is 284 g/mol. The van der Waals surface area contributed by atoms with Gasteiger partial charge in [-0.1, -0.05) is 0 Å². The van der Waals surface area contributed by atoms with E-state index >= 15 is 0 Å². The van der Waals surface area contributed by atoms with Crippen LogP contribution in [0.1, 0.15) is 0 Å². The van der Waals surface area contributed by atoms with Crippen molar-refractivity contribution >= 4 is 22.5 Å².